The van der Waals surface area contributed by atoms with Crippen LogP contribution >= 0.6 is 11.6 Å². The summed E-state index contributed by atoms with van der Waals surface area (Å²) in [5.41, 5.74) is 7.09. The number of benzene rings is 2. The van der Waals surface area contributed by atoms with E-state index < -0.39 is 0 Å². The van der Waals surface area contributed by atoms with Gasteiger partial charge < -0.3 is 15.2 Å². The Hall–Kier alpha value is -2.20. The molecule has 5 heteroatoms. The van der Waals surface area contributed by atoms with Crippen LogP contribution in [0.1, 0.15) is 25.8 Å². The molecule has 0 amide bonds. The van der Waals surface area contributed by atoms with E-state index in [-0.39, 0.29) is 6.10 Å². The minimum Gasteiger partial charge on any atom is -0.493 e. The van der Waals surface area contributed by atoms with Crippen molar-refractivity contribution in [3.8, 4) is 11.5 Å². The maximum Gasteiger partial charge on any atom is 0.123 e. The summed E-state index contributed by atoms with van der Waals surface area (Å²) < 4.78 is 11.5. The van der Waals surface area contributed by atoms with Gasteiger partial charge in [-0.15, -0.1) is 0 Å². The molecule has 1 atom stereocenters. The van der Waals surface area contributed by atoms with Crippen molar-refractivity contribution in [1.82, 2.24) is 0 Å². The van der Waals surface area contributed by atoms with E-state index in [0.29, 0.717) is 30.4 Å². The third-order valence-electron chi connectivity index (χ3n) is 3.47. The summed E-state index contributed by atoms with van der Waals surface area (Å²) in [6.45, 7) is 5.25. The van der Waals surface area contributed by atoms with Gasteiger partial charge in [0.1, 0.15) is 17.6 Å². The molecule has 0 fully saturated rings. The zero-order valence-corrected chi connectivity index (χ0v) is 15.5. The van der Waals surface area contributed by atoms with E-state index >= 15 is 0 Å². The number of halogens is 1. The highest BCUT2D eigenvalue weighted by Crippen LogP contribution is 2.20. The number of rotatable bonds is 9. The fourth-order valence-corrected chi connectivity index (χ4v) is 2.37. The van der Waals surface area contributed by atoms with Crippen LogP contribution in [0, 0.1) is 0 Å². The summed E-state index contributed by atoms with van der Waals surface area (Å²) in [6, 6.07) is 15.3. The molecule has 0 aliphatic heterocycles. The van der Waals surface area contributed by atoms with Gasteiger partial charge in [-0.05, 0) is 43.2 Å². The Bertz CT molecular complexity index is 686. The first-order chi connectivity index (χ1) is 12.1. The predicted molar refractivity (Wildman–Crippen MR) is 104 cm³/mol. The number of ether oxygens (including phenoxy) is 2. The largest absolute Gasteiger partial charge is 0.493 e. The van der Waals surface area contributed by atoms with Crippen molar-refractivity contribution < 1.29 is 9.47 Å². The van der Waals surface area contributed by atoms with Crippen molar-refractivity contribution in [3.63, 3.8) is 0 Å². The van der Waals surface area contributed by atoms with Crippen LogP contribution in [0.25, 0.3) is 0 Å². The molecule has 0 radical (unpaired) electrons. The summed E-state index contributed by atoms with van der Waals surface area (Å²) >= 11 is 5.88. The van der Waals surface area contributed by atoms with Crippen molar-refractivity contribution >= 4 is 17.4 Å². The minimum absolute atomic E-state index is 0.0785. The number of nitrogens with two attached hydrogens (primary N) is 1. The number of hydrogen-bond acceptors (Lipinski definition) is 3. The molecule has 0 spiro atoms. The van der Waals surface area contributed by atoms with Crippen molar-refractivity contribution in [2.45, 2.75) is 32.8 Å². The molecule has 134 valence electrons. The Morgan fingerprint density at radius 1 is 1.16 bits per heavy atom. The van der Waals surface area contributed by atoms with Crippen LogP contribution in [-0.2, 0) is 6.42 Å². The Morgan fingerprint density at radius 2 is 1.88 bits per heavy atom. The highest BCUT2D eigenvalue weighted by molar-refractivity contribution is 6.30. The molecule has 0 heterocycles. The molecule has 2 rings (SSSR count). The molecule has 0 aliphatic carbocycles. The van der Waals surface area contributed by atoms with E-state index in [4.69, 9.17) is 26.8 Å². The van der Waals surface area contributed by atoms with Crippen molar-refractivity contribution in [1.29, 1.82) is 0 Å². The molecule has 0 saturated carbocycles. The smallest absolute Gasteiger partial charge is 0.123 e. The van der Waals surface area contributed by atoms with E-state index in [1.54, 1.807) is 0 Å². The van der Waals surface area contributed by atoms with Gasteiger partial charge in [-0.3, -0.25) is 4.99 Å². The normalized spacial score (nSPS) is 12.7. The first-order valence-corrected chi connectivity index (χ1v) is 8.87. The molecule has 2 aromatic rings. The van der Waals surface area contributed by atoms with Gasteiger partial charge in [-0.25, -0.2) is 0 Å². The molecule has 0 aliphatic rings. The predicted octanol–water partition coefficient (Wildman–Crippen LogP) is 4.50. The average Bonchev–Trinajstić information content (AvgIpc) is 2.60. The lowest BCUT2D eigenvalue weighted by Crippen LogP contribution is -2.21. The van der Waals surface area contributed by atoms with Crippen LogP contribution in [0.5, 0.6) is 11.5 Å². The topological polar surface area (TPSA) is 56.8 Å². The second-order valence-corrected chi connectivity index (χ2v) is 6.32. The fraction of sp³-hybridized carbons (Fsp3) is 0.350. The standard InChI is InChI=1S/C20H25ClN2O2/c1-3-11-24-18-5-4-6-19(13-18)25-15(2)14-23-20(22)12-16-7-9-17(21)10-8-16/h4-10,13,15H,3,11-12,14H2,1-2H3,(H2,22,23). The molecule has 1 unspecified atom stereocenters. The first-order valence-electron chi connectivity index (χ1n) is 8.49. The number of nitrogens with zero attached hydrogens (tertiary/aromatic N) is 1. The lowest BCUT2D eigenvalue weighted by molar-refractivity contribution is 0.228. The highest BCUT2D eigenvalue weighted by Gasteiger charge is 2.05. The van der Waals surface area contributed by atoms with E-state index in [1.165, 1.54) is 0 Å². The maximum absolute atomic E-state index is 6.01. The molecule has 4 nitrogen and oxygen atoms in total. The SMILES string of the molecule is CCCOc1cccc(OC(C)CN=C(N)Cc2ccc(Cl)cc2)c1. The van der Waals surface area contributed by atoms with Crippen molar-refractivity contribution in [2.24, 2.45) is 10.7 Å². The van der Waals surface area contributed by atoms with E-state index in [2.05, 4.69) is 11.9 Å². The second-order valence-electron chi connectivity index (χ2n) is 5.89. The van der Waals surface area contributed by atoms with Crippen molar-refractivity contribution in [3.05, 3.63) is 59.1 Å². The van der Waals surface area contributed by atoms with Gasteiger partial charge in [0.25, 0.3) is 0 Å². The summed E-state index contributed by atoms with van der Waals surface area (Å²) in [5.74, 6) is 2.17. The second kappa shape index (κ2) is 9.94. The molecule has 2 N–H and O–H groups in total. The van der Waals surface area contributed by atoms with Crippen LogP contribution in [0.4, 0.5) is 0 Å². The summed E-state index contributed by atoms with van der Waals surface area (Å²) in [6.07, 6.45) is 1.50. The van der Waals surface area contributed by atoms with Gasteiger partial charge in [-0.2, -0.15) is 0 Å². The monoisotopic (exact) mass is 360 g/mol. The van der Waals surface area contributed by atoms with E-state index in [9.17, 15) is 0 Å². The van der Waals surface area contributed by atoms with Gasteiger partial charge in [0.05, 0.1) is 19.0 Å². The van der Waals surface area contributed by atoms with Crippen LogP contribution in [-0.4, -0.2) is 25.1 Å². The van der Waals surface area contributed by atoms with Gasteiger partial charge in [0.15, 0.2) is 0 Å². The van der Waals surface area contributed by atoms with Crippen LogP contribution in [0.15, 0.2) is 53.5 Å². The zero-order chi connectivity index (χ0) is 18.1. The van der Waals surface area contributed by atoms with Crippen LogP contribution in [0.2, 0.25) is 5.02 Å². The molecular weight excluding hydrogens is 336 g/mol. The third-order valence-corrected chi connectivity index (χ3v) is 3.72. The highest BCUT2D eigenvalue weighted by atomic mass is 35.5. The molecule has 0 aromatic heterocycles. The summed E-state index contributed by atoms with van der Waals surface area (Å²) in [7, 11) is 0. The average molecular weight is 361 g/mol. The van der Waals surface area contributed by atoms with Gasteiger partial charge in [-0.1, -0.05) is 36.7 Å². The summed E-state index contributed by atoms with van der Waals surface area (Å²) in [5, 5.41) is 0.714. The molecule has 2 aromatic carbocycles. The fourth-order valence-electron chi connectivity index (χ4n) is 2.24. The summed E-state index contributed by atoms with van der Waals surface area (Å²) in [4.78, 5) is 4.42. The van der Waals surface area contributed by atoms with Crippen LogP contribution in [0.3, 0.4) is 0 Å². The van der Waals surface area contributed by atoms with E-state index in [1.807, 2.05) is 55.5 Å². The zero-order valence-electron chi connectivity index (χ0n) is 14.7. The van der Waals surface area contributed by atoms with Crippen LogP contribution < -0.4 is 15.2 Å². The van der Waals surface area contributed by atoms with E-state index in [0.717, 1.165) is 23.5 Å². The first kappa shape index (κ1) is 19.1. The van der Waals surface area contributed by atoms with Gasteiger partial charge >= 0.3 is 0 Å². The van der Waals surface area contributed by atoms with Crippen molar-refractivity contribution in [2.75, 3.05) is 13.2 Å². The Labute approximate surface area is 154 Å². The number of aliphatic imine (C=N–C) groups is 1. The minimum atomic E-state index is -0.0785. The quantitative estimate of drug-likeness (QED) is 0.529. The lowest BCUT2D eigenvalue weighted by atomic mass is 10.1. The maximum atomic E-state index is 6.01. The number of hydrogen-bond donors (Lipinski definition) is 1. The Kier molecular flexibility index (Phi) is 7.61. The molecular formula is C20H25ClN2O2. The Morgan fingerprint density at radius 3 is 2.60 bits per heavy atom. The molecule has 25 heavy (non-hydrogen) atoms. The Balaban J connectivity index is 1.84. The number of amidine groups is 1. The lowest BCUT2D eigenvalue weighted by Gasteiger charge is -2.14. The third kappa shape index (κ3) is 7.06. The molecule has 0 bridgehead atoms. The van der Waals surface area contributed by atoms with Gasteiger partial charge in [0.2, 0.25) is 0 Å². The molecule has 0 saturated heterocycles. The van der Waals surface area contributed by atoms with Gasteiger partial charge in [0, 0.05) is 17.5 Å².